The van der Waals surface area contributed by atoms with Crippen LogP contribution >= 0.6 is 0 Å². The van der Waals surface area contributed by atoms with Gasteiger partial charge in [0.1, 0.15) is 0 Å². The van der Waals surface area contributed by atoms with Gasteiger partial charge in [0, 0.05) is 11.1 Å². The van der Waals surface area contributed by atoms with Crippen molar-refractivity contribution in [1.82, 2.24) is 0 Å². The molecule has 34 heavy (non-hydrogen) atoms. The average molecular weight is 472 g/mol. The molecule has 0 heterocycles. The first-order valence-corrected chi connectivity index (χ1v) is 9.57. The van der Waals surface area contributed by atoms with Gasteiger partial charge in [0.2, 0.25) is 6.19 Å². The van der Waals surface area contributed by atoms with Gasteiger partial charge in [0.25, 0.3) is 0 Å². The molecule has 1 aliphatic carbocycles. The molecule has 0 unspecified atom stereocenters. The van der Waals surface area contributed by atoms with E-state index >= 15 is 0 Å². The molecule has 0 bridgehead atoms. The van der Waals surface area contributed by atoms with E-state index in [1.807, 2.05) is 0 Å². The minimum absolute atomic E-state index is 0.0644. The van der Waals surface area contributed by atoms with Gasteiger partial charge in [-0.05, 0) is 72.5 Å². The Morgan fingerprint density at radius 2 is 1.21 bits per heavy atom. The van der Waals surface area contributed by atoms with Crippen LogP contribution in [0.1, 0.15) is 33.4 Å². The summed E-state index contributed by atoms with van der Waals surface area (Å²) in [5.41, 5.74) is -1.14. The number of aliphatic imine (C=N–C) groups is 1. The molecule has 0 aromatic heterocycles. The highest BCUT2D eigenvalue weighted by atomic mass is 19.4. The van der Waals surface area contributed by atoms with Crippen molar-refractivity contribution >= 4 is 22.6 Å². The monoisotopic (exact) mass is 472 g/mol. The normalized spacial score (nSPS) is 16.6. The van der Waals surface area contributed by atoms with Crippen LogP contribution in [0.25, 0.3) is 16.1 Å². The molecular weight excluding hydrogens is 458 g/mol. The second kappa shape index (κ2) is 8.99. The number of nitriles is 1. The fourth-order valence-corrected chi connectivity index (χ4v) is 3.53. The Morgan fingerprint density at radius 3 is 1.62 bits per heavy atom. The van der Waals surface area contributed by atoms with E-state index in [0.717, 1.165) is 24.3 Å². The zero-order chi connectivity index (χ0) is 25.3. The predicted molar refractivity (Wildman–Crippen MR) is 115 cm³/mol. The number of aryl methyl sites for hydroxylation is 2. The Hall–Kier alpha value is -4.18. The molecular formula is C24H14F6N4. The third kappa shape index (κ3) is 5.24. The summed E-state index contributed by atoms with van der Waals surface area (Å²) in [6.45, 7) is 10.0. The maximum atomic E-state index is 13.3. The quantitative estimate of drug-likeness (QED) is 0.152. The molecule has 1 aliphatic rings. The first-order valence-electron chi connectivity index (χ1n) is 9.57. The SMILES string of the molecule is [C-]#[N+]/N=C1/C=C(c2cc(C)cc(C(F)(F)F)c2)C(=NC#N)C=C1c1cc(C)cc(C(F)(F)F)c1. The van der Waals surface area contributed by atoms with Crippen LogP contribution < -0.4 is 0 Å². The fourth-order valence-electron chi connectivity index (χ4n) is 3.53. The topological polar surface area (TPSA) is 52.9 Å². The van der Waals surface area contributed by atoms with E-state index in [9.17, 15) is 26.3 Å². The van der Waals surface area contributed by atoms with Gasteiger partial charge in [-0.3, -0.25) is 0 Å². The molecule has 0 radical (unpaired) electrons. The van der Waals surface area contributed by atoms with Crippen LogP contribution in [0.3, 0.4) is 0 Å². The van der Waals surface area contributed by atoms with Crippen molar-refractivity contribution in [3.63, 3.8) is 0 Å². The van der Waals surface area contributed by atoms with E-state index < -0.39 is 23.5 Å². The van der Waals surface area contributed by atoms with Crippen molar-refractivity contribution in [3.8, 4) is 6.19 Å². The smallest absolute Gasteiger partial charge is 0.181 e. The largest absolute Gasteiger partial charge is 0.416 e. The summed E-state index contributed by atoms with van der Waals surface area (Å²) in [4.78, 5) is 6.62. The number of rotatable bonds is 2. The number of halogens is 6. The molecule has 3 rings (SSSR count). The van der Waals surface area contributed by atoms with Gasteiger partial charge in [0.15, 0.2) is 5.71 Å². The number of nitrogens with zero attached hydrogens (tertiary/aromatic N) is 4. The van der Waals surface area contributed by atoms with Crippen LogP contribution in [0.5, 0.6) is 0 Å². The van der Waals surface area contributed by atoms with E-state index in [1.54, 1.807) is 6.19 Å². The Morgan fingerprint density at radius 1 is 0.765 bits per heavy atom. The summed E-state index contributed by atoms with van der Waals surface area (Å²) in [6.07, 6.45) is -5.21. The number of hydrogen-bond acceptors (Lipinski definition) is 3. The van der Waals surface area contributed by atoms with E-state index in [4.69, 9.17) is 11.8 Å². The summed E-state index contributed by atoms with van der Waals surface area (Å²) in [5, 5.41) is 12.8. The predicted octanol–water partition coefficient (Wildman–Crippen LogP) is 7.02. The molecule has 0 saturated heterocycles. The van der Waals surface area contributed by atoms with Crippen LogP contribution in [0, 0.1) is 31.9 Å². The maximum Gasteiger partial charge on any atom is 0.416 e. The highest BCUT2D eigenvalue weighted by Gasteiger charge is 2.33. The molecule has 4 nitrogen and oxygen atoms in total. The highest BCUT2D eigenvalue weighted by Crippen LogP contribution is 2.36. The Kier molecular flexibility index (Phi) is 6.47. The second-order valence-corrected chi connectivity index (χ2v) is 7.47. The maximum absolute atomic E-state index is 13.3. The lowest BCUT2D eigenvalue weighted by Crippen LogP contribution is -2.14. The summed E-state index contributed by atoms with van der Waals surface area (Å²) >= 11 is 0. The van der Waals surface area contributed by atoms with Crippen LogP contribution in [-0.4, -0.2) is 11.4 Å². The first kappa shape index (κ1) is 24.5. The van der Waals surface area contributed by atoms with Gasteiger partial charge < -0.3 is 0 Å². The van der Waals surface area contributed by atoms with Crippen LogP contribution in [-0.2, 0) is 12.4 Å². The minimum atomic E-state index is -4.63. The molecule has 0 saturated carbocycles. The van der Waals surface area contributed by atoms with Gasteiger partial charge >= 0.3 is 12.4 Å². The third-order valence-electron chi connectivity index (χ3n) is 4.87. The van der Waals surface area contributed by atoms with Crippen LogP contribution in [0.15, 0.2) is 58.6 Å². The molecule has 0 aliphatic heterocycles. The molecule has 0 N–H and O–H groups in total. The van der Waals surface area contributed by atoms with Crippen molar-refractivity contribution in [1.29, 1.82) is 5.26 Å². The average Bonchev–Trinajstić information content (AvgIpc) is 2.72. The number of benzene rings is 2. The van der Waals surface area contributed by atoms with Crippen LogP contribution in [0.4, 0.5) is 26.3 Å². The standard InChI is InChI=1S/C24H14F6N4/c1-13-4-15(8-17(6-13)23(25,26)27)19-11-22(34-32-3)20(10-21(19)33-12-31)16-5-14(2)7-18(9-16)24(28,29)30/h4-11H,1-2H3/b33-21?,34-22-. The summed E-state index contributed by atoms with van der Waals surface area (Å²) < 4.78 is 80.1. The highest BCUT2D eigenvalue weighted by molar-refractivity contribution is 6.46. The fraction of sp³-hybridized carbons (Fsp3) is 0.167. The molecule has 2 aromatic rings. The molecule has 172 valence electrons. The Labute approximate surface area is 190 Å². The van der Waals surface area contributed by atoms with Gasteiger partial charge in [-0.15, -0.1) is 4.95 Å². The van der Waals surface area contributed by atoms with Crippen molar-refractivity contribution in [2.75, 3.05) is 0 Å². The van der Waals surface area contributed by atoms with Gasteiger partial charge in [-0.25, -0.2) is 0 Å². The van der Waals surface area contributed by atoms with Crippen molar-refractivity contribution in [3.05, 3.63) is 93.5 Å². The zero-order valence-corrected chi connectivity index (χ0v) is 17.7. The molecule has 0 amide bonds. The van der Waals surface area contributed by atoms with Crippen molar-refractivity contribution in [2.45, 2.75) is 26.2 Å². The first-order chi connectivity index (χ1) is 15.8. The zero-order valence-electron chi connectivity index (χ0n) is 17.7. The van der Waals surface area contributed by atoms with Gasteiger partial charge in [0.05, 0.1) is 21.9 Å². The van der Waals surface area contributed by atoms with E-state index in [0.29, 0.717) is 0 Å². The molecule has 0 fully saturated rings. The minimum Gasteiger partial charge on any atom is -0.181 e. The number of allylic oxidation sites excluding steroid dienone is 4. The summed E-state index contributed by atoms with van der Waals surface area (Å²) in [6, 6.07) is 6.53. The second-order valence-electron chi connectivity index (χ2n) is 7.47. The van der Waals surface area contributed by atoms with E-state index in [-0.39, 0.29) is 44.8 Å². The molecule has 10 heteroatoms. The molecule has 0 spiro atoms. The molecule has 0 atom stereocenters. The molecule has 2 aromatic carbocycles. The lowest BCUT2D eigenvalue weighted by atomic mass is 9.86. The summed E-state index contributed by atoms with van der Waals surface area (Å²) in [7, 11) is 0. The van der Waals surface area contributed by atoms with E-state index in [2.05, 4.69) is 15.0 Å². The number of hydrogen-bond donors (Lipinski definition) is 0. The lowest BCUT2D eigenvalue weighted by Gasteiger charge is -2.19. The van der Waals surface area contributed by atoms with Crippen molar-refractivity contribution in [2.24, 2.45) is 10.1 Å². The van der Waals surface area contributed by atoms with Gasteiger partial charge in [-0.2, -0.15) is 43.2 Å². The van der Waals surface area contributed by atoms with Crippen LogP contribution in [0.2, 0.25) is 0 Å². The Balaban J connectivity index is 2.25. The number of alkyl halides is 6. The summed E-state index contributed by atoms with van der Waals surface area (Å²) in [5.74, 6) is 0. The lowest BCUT2D eigenvalue weighted by molar-refractivity contribution is -0.138. The third-order valence-corrected chi connectivity index (χ3v) is 4.87. The Bertz CT molecular complexity index is 1250. The van der Waals surface area contributed by atoms with Crippen molar-refractivity contribution < 1.29 is 26.3 Å². The van der Waals surface area contributed by atoms with E-state index in [1.165, 1.54) is 38.1 Å². The van der Waals surface area contributed by atoms with Gasteiger partial charge in [-0.1, -0.05) is 12.1 Å².